The highest BCUT2D eigenvalue weighted by Crippen LogP contribution is 2.23. The maximum Gasteiger partial charge on any atom is 0.194 e. The van der Waals surface area contributed by atoms with Gasteiger partial charge < -0.3 is 19.9 Å². The third-order valence-electron chi connectivity index (χ3n) is 5.01. The summed E-state index contributed by atoms with van der Waals surface area (Å²) < 4.78 is 5.38. The Kier molecular flexibility index (Phi) is 10.1. The molecule has 0 amide bonds. The second-order valence-corrected chi connectivity index (χ2v) is 8.52. The molecule has 2 heterocycles. The topological polar surface area (TPSA) is 65.9 Å². The van der Waals surface area contributed by atoms with Gasteiger partial charge in [-0.3, -0.25) is 0 Å². The van der Waals surface area contributed by atoms with Gasteiger partial charge >= 0.3 is 0 Å². The quantitative estimate of drug-likeness (QED) is 0.242. The molecule has 0 bridgehead atoms. The van der Waals surface area contributed by atoms with Gasteiger partial charge in [-0.15, -0.1) is 35.3 Å². The van der Waals surface area contributed by atoms with Crippen LogP contribution in [-0.2, 0) is 17.8 Å². The van der Waals surface area contributed by atoms with Crippen LogP contribution in [0.5, 0.6) is 0 Å². The minimum atomic E-state index is 0. The Morgan fingerprint density at radius 3 is 2.66 bits per heavy atom. The number of guanidine groups is 1. The van der Waals surface area contributed by atoms with Gasteiger partial charge in [0.05, 0.1) is 24.3 Å². The molecule has 32 heavy (non-hydrogen) atoms. The number of para-hydroxylation sites is 1. The molecule has 1 N–H and O–H groups in total. The van der Waals surface area contributed by atoms with Crippen LogP contribution >= 0.6 is 35.3 Å². The van der Waals surface area contributed by atoms with Crippen LogP contribution in [0.15, 0.2) is 40.7 Å². The van der Waals surface area contributed by atoms with Gasteiger partial charge in [0.25, 0.3) is 0 Å². The minimum absolute atomic E-state index is 0. The molecule has 7 nitrogen and oxygen atoms in total. The van der Waals surface area contributed by atoms with Crippen LogP contribution in [0.1, 0.15) is 36.2 Å². The van der Waals surface area contributed by atoms with Crippen molar-refractivity contribution in [3.63, 3.8) is 0 Å². The van der Waals surface area contributed by atoms with E-state index >= 15 is 0 Å². The van der Waals surface area contributed by atoms with Gasteiger partial charge in [0.1, 0.15) is 16.9 Å². The molecule has 0 fully saturated rings. The summed E-state index contributed by atoms with van der Waals surface area (Å²) in [5.74, 6) is 1.79. The molecule has 0 aliphatic carbocycles. The Morgan fingerprint density at radius 2 is 1.97 bits per heavy atom. The molecular weight excluding hydrogens is 535 g/mol. The van der Waals surface area contributed by atoms with Crippen molar-refractivity contribution in [1.29, 1.82) is 0 Å². The molecule has 0 aliphatic rings. The van der Waals surface area contributed by atoms with Crippen molar-refractivity contribution in [2.45, 2.75) is 33.0 Å². The van der Waals surface area contributed by atoms with E-state index in [-0.39, 0.29) is 30.1 Å². The van der Waals surface area contributed by atoms with Crippen LogP contribution in [0.25, 0.3) is 10.9 Å². The number of pyridine rings is 1. The van der Waals surface area contributed by atoms with Crippen molar-refractivity contribution in [3.05, 3.63) is 52.0 Å². The Morgan fingerprint density at radius 1 is 1.22 bits per heavy atom. The lowest BCUT2D eigenvalue weighted by Gasteiger charge is -2.21. The molecule has 9 heteroatoms. The van der Waals surface area contributed by atoms with Crippen LogP contribution in [0.3, 0.4) is 0 Å². The van der Waals surface area contributed by atoms with Gasteiger partial charge in [0, 0.05) is 45.6 Å². The maximum absolute atomic E-state index is 5.38. The molecule has 0 spiro atoms. The highest BCUT2D eigenvalue weighted by atomic mass is 127. The van der Waals surface area contributed by atoms with Crippen molar-refractivity contribution < 1.29 is 4.74 Å². The van der Waals surface area contributed by atoms with Crippen LogP contribution in [-0.4, -0.2) is 55.6 Å². The van der Waals surface area contributed by atoms with Gasteiger partial charge in [-0.25, -0.2) is 15.0 Å². The van der Waals surface area contributed by atoms with Crippen molar-refractivity contribution in [1.82, 2.24) is 20.2 Å². The highest BCUT2D eigenvalue weighted by molar-refractivity contribution is 14.0. The van der Waals surface area contributed by atoms with Crippen LogP contribution in [0, 0.1) is 0 Å². The zero-order valence-corrected chi connectivity index (χ0v) is 22.8. The third kappa shape index (κ3) is 6.52. The Balaban J connectivity index is 0.00000363. The number of halogens is 1. The fourth-order valence-electron chi connectivity index (χ4n) is 3.22. The molecule has 0 radical (unpaired) electrons. The Hall–Kier alpha value is -1.98. The second kappa shape index (κ2) is 12.3. The number of ether oxygens (including phenoxy) is 1. The largest absolute Gasteiger partial charge is 0.375 e. The number of aliphatic imine (C=N–C) groups is 1. The lowest BCUT2D eigenvalue weighted by atomic mass is 10.1. The number of benzene rings is 1. The molecule has 1 unspecified atom stereocenters. The average Bonchev–Trinajstić information content (AvgIpc) is 3.23. The number of hydrogen-bond acceptors (Lipinski definition) is 6. The molecule has 0 saturated carbocycles. The fourth-order valence-corrected chi connectivity index (χ4v) is 4.06. The summed E-state index contributed by atoms with van der Waals surface area (Å²) >= 11 is 1.63. The minimum Gasteiger partial charge on any atom is -0.375 e. The van der Waals surface area contributed by atoms with Gasteiger partial charge in [0.2, 0.25) is 0 Å². The summed E-state index contributed by atoms with van der Waals surface area (Å²) in [6.45, 7) is 6.14. The summed E-state index contributed by atoms with van der Waals surface area (Å²) in [6.07, 6.45) is 0.0109. The number of thiazole rings is 1. The number of anilines is 1. The van der Waals surface area contributed by atoms with Crippen molar-refractivity contribution in [3.8, 4) is 0 Å². The molecule has 0 aliphatic heterocycles. The smallest absolute Gasteiger partial charge is 0.194 e. The first kappa shape index (κ1) is 26.3. The summed E-state index contributed by atoms with van der Waals surface area (Å²) in [5.41, 5.74) is 3.16. The maximum atomic E-state index is 5.38. The highest BCUT2D eigenvalue weighted by Gasteiger charge is 2.13. The zero-order valence-electron chi connectivity index (χ0n) is 19.6. The van der Waals surface area contributed by atoms with E-state index in [9.17, 15) is 0 Å². The van der Waals surface area contributed by atoms with E-state index in [1.807, 2.05) is 51.2 Å². The lowest BCUT2D eigenvalue weighted by Crippen LogP contribution is -2.38. The van der Waals surface area contributed by atoms with Gasteiger partial charge in [-0.05, 0) is 31.5 Å². The first-order chi connectivity index (χ1) is 14.9. The molecule has 2 aromatic heterocycles. The molecule has 1 aromatic carbocycles. The lowest BCUT2D eigenvalue weighted by molar-refractivity contribution is 0.119. The average molecular weight is 569 g/mol. The van der Waals surface area contributed by atoms with Crippen LogP contribution in [0.2, 0.25) is 0 Å². The summed E-state index contributed by atoms with van der Waals surface area (Å²) in [5, 5.41) is 7.61. The Labute approximate surface area is 211 Å². The van der Waals surface area contributed by atoms with E-state index in [2.05, 4.69) is 34.7 Å². The molecule has 3 aromatic rings. The van der Waals surface area contributed by atoms with E-state index in [0.29, 0.717) is 13.1 Å². The summed E-state index contributed by atoms with van der Waals surface area (Å²) in [6, 6.07) is 10.3. The summed E-state index contributed by atoms with van der Waals surface area (Å²) in [4.78, 5) is 18.5. The normalized spacial score (nSPS) is 12.4. The molecule has 3 rings (SSSR count). The van der Waals surface area contributed by atoms with E-state index in [1.54, 1.807) is 18.4 Å². The van der Waals surface area contributed by atoms with Crippen molar-refractivity contribution in [2.75, 3.05) is 39.7 Å². The first-order valence-electron chi connectivity index (χ1n) is 10.5. The number of nitrogens with zero attached hydrogens (tertiary/aromatic N) is 5. The van der Waals surface area contributed by atoms with Crippen LogP contribution < -0.4 is 10.2 Å². The number of hydrogen-bond donors (Lipinski definition) is 1. The second-order valence-electron chi connectivity index (χ2n) is 7.63. The SMILES string of the molecule is CCNC(=NCc1cc(N(C)C)nc2ccccc12)N(C)Cc1csc(C(C)OC)n1.I. The third-order valence-corrected chi connectivity index (χ3v) is 6.07. The number of methoxy groups -OCH3 is 1. The molecular formula is C23H33IN6OS. The molecule has 0 saturated heterocycles. The van der Waals surface area contributed by atoms with E-state index in [1.165, 1.54) is 0 Å². The van der Waals surface area contributed by atoms with E-state index in [4.69, 9.17) is 19.7 Å². The number of rotatable bonds is 8. The molecule has 174 valence electrons. The standard InChI is InChI=1S/C23H32N6OS.HI/c1-7-24-23(29(5)14-18-15-31-22(26-18)16(2)30-6)25-13-17-12-21(28(3)4)27-20-11-9-8-10-19(17)20;/h8-12,15-16H,7,13-14H2,1-6H3,(H,24,25);1H. The first-order valence-corrected chi connectivity index (χ1v) is 11.3. The van der Waals surface area contributed by atoms with Gasteiger partial charge in [0.15, 0.2) is 5.96 Å². The van der Waals surface area contributed by atoms with Gasteiger partial charge in [-0.2, -0.15) is 0 Å². The van der Waals surface area contributed by atoms with Crippen molar-refractivity contribution >= 4 is 58.0 Å². The number of aromatic nitrogens is 2. The van der Waals surface area contributed by atoms with E-state index < -0.39 is 0 Å². The number of fused-ring (bicyclic) bond motifs is 1. The monoisotopic (exact) mass is 568 g/mol. The summed E-state index contributed by atoms with van der Waals surface area (Å²) in [7, 11) is 7.76. The fraction of sp³-hybridized carbons (Fsp3) is 0.435. The van der Waals surface area contributed by atoms with Crippen LogP contribution in [0.4, 0.5) is 5.82 Å². The number of nitrogens with one attached hydrogen (secondary N) is 1. The molecule has 1 atom stereocenters. The zero-order chi connectivity index (χ0) is 22.4. The predicted molar refractivity (Wildman–Crippen MR) is 145 cm³/mol. The predicted octanol–water partition coefficient (Wildman–Crippen LogP) is 4.68. The Bertz CT molecular complexity index is 1040. The van der Waals surface area contributed by atoms with Gasteiger partial charge in [-0.1, -0.05) is 18.2 Å². The van der Waals surface area contributed by atoms with Crippen molar-refractivity contribution in [2.24, 2.45) is 4.99 Å². The van der Waals surface area contributed by atoms with E-state index in [0.717, 1.165) is 45.5 Å².